The Morgan fingerprint density at radius 2 is 1.97 bits per heavy atom. The van der Waals surface area contributed by atoms with Gasteiger partial charge in [-0.2, -0.15) is 0 Å². The van der Waals surface area contributed by atoms with Crippen molar-refractivity contribution in [2.45, 2.75) is 39.0 Å². The monoisotopic (exact) mass is 451 g/mol. The van der Waals surface area contributed by atoms with Crippen molar-refractivity contribution in [2.75, 3.05) is 11.9 Å². The van der Waals surface area contributed by atoms with Crippen LogP contribution in [0.2, 0.25) is 5.02 Å². The Hall–Kier alpha value is -2.33. The van der Waals surface area contributed by atoms with Gasteiger partial charge in [-0.1, -0.05) is 22.9 Å². The molecule has 2 atom stereocenters. The van der Waals surface area contributed by atoms with Crippen LogP contribution in [0.5, 0.6) is 5.75 Å². The molecule has 1 aromatic carbocycles. The maximum atomic E-state index is 14.5. The lowest BCUT2D eigenvalue weighted by molar-refractivity contribution is 0.129. The minimum Gasteiger partial charge on any atom is -0.489 e. The van der Waals surface area contributed by atoms with E-state index in [-0.39, 0.29) is 23.4 Å². The third kappa shape index (κ3) is 5.42. The quantitative estimate of drug-likeness (QED) is 0.475. The lowest BCUT2D eigenvalue weighted by Crippen LogP contribution is -2.38. The van der Waals surface area contributed by atoms with Crippen LogP contribution in [0.3, 0.4) is 0 Å². The van der Waals surface area contributed by atoms with Crippen molar-refractivity contribution in [2.24, 2.45) is 5.73 Å². The molecule has 4 N–H and O–H groups in total. The molecule has 0 amide bonds. The van der Waals surface area contributed by atoms with E-state index in [1.807, 2.05) is 26.0 Å². The zero-order valence-corrected chi connectivity index (χ0v) is 18.3. The van der Waals surface area contributed by atoms with Crippen molar-refractivity contribution in [3.05, 3.63) is 41.3 Å². The summed E-state index contributed by atoms with van der Waals surface area (Å²) in [6, 6.07) is 5.96. The highest BCUT2D eigenvalue weighted by atomic mass is 35.5. The first-order valence-electron chi connectivity index (χ1n) is 9.37. The third-order valence-electron chi connectivity index (χ3n) is 4.17. The molecule has 0 aliphatic carbocycles. The number of anilines is 1. The molecule has 160 valence electrons. The Labute approximate surface area is 183 Å². The van der Waals surface area contributed by atoms with Crippen molar-refractivity contribution < 1.29 is 14.2 Å². The Bertz CT molecular complexity index is 1010. The van der Waals surface area contributed by atoms with Crippen LogP contribution in [-0.4, -0.2) is 45.1 Å². The zero-order chi connectivity index (χ0) is 21.8. The Balaban J connectivity index is 1.82. The molecule has 0 aliphatic rings. The number of ether oxygens (including phenoxy) is 1. The van der Waals surface area contributed by atoms with Crippen LogP contribution in [-0.2, 0) is 0 Å². The molecule has 3 aromatic rings. The number of aliphatic hydroxyl groups excluding tert-OH is 1. The first kappa shape index (κ1) is 22.4. The predicted molar refractivity (Wildman–Crippen MR) is 117 cm³/mol. The summed E-state index contributed by atoms with van der Waals surface area (Å²) in [4.78, 5) is 4.28. The molecule has 30 heavy (non-hydrogen) atoms. The van der Waals surface area contributed by atoms with Crippen molar-refractivity contribution in [3.63, 3.8) is 0 Å². The smallest absolute Gasteiger partial charge is 0.165 e. The molecular weight excluding hydrogens is 429 g/mol. The highest BCUT2D eigenvalue weighted by molar-refractivity contribution is 7.18. The average Bonchev–Trinajstić information content (AvgIpc) is 3.17. The first-order chi connectivity index (χ1) is 14.2. The Kier molecular flexibility index (Phi) is 7.19. The van der Waals surface area contributed by atoms with Gasteiger partial charge in [0.05, 0.1) is 17.2 Å². The molecule has 0 bridgehead atoms. The summed E-state index contributed by atoms with van der Waals surface area (Å²) >= 11 is 7.64. The largest absolute Gasteiger partial charge is 0.489 e. The number of hydrogen-bond acceptors (Lipinski definition) is 8. The maximum absolute atomic E-state index is 14.5. The number of halogens is 2. The fourth-order valence-corrected chi connectivity index (χ4v) is 3.68. The summed E-state index contributed by atoms with van der Waals surface area (Å²) in [5.74, 6) is 0.0969. The molecule has 0 saturated carbocycles. The molecule has 0 saturated heterocycles. The van der Waals surface area contributed by atoms with Gasteiger partial charge in [0.15, 0.2) is 11.6 Å². The number of nitrogens with zero attached hydrogens (tertiary/aromatic N) is 3. The van der Waals surface area contributed by atoms with E-state index in [4.69, 9.17) is 22.1 Å². The van der Waals surface area contributed by atoms with Crippen molar-refractivity contribution in [1.29, 1.82) is 0 Å². The number of rotatable bonds is 8. The van der Waals surface area contributed by atoms with Gasteiger partial charge in [0.2, 0.25) is 0 Å². The van der Waals surface area contributed by atoms with Gasteiger partial charge in [-0.3, -0.25) is 0 Å². The van der Waals surface area contributed by atoms with Gasteiger partial charge in [0.25, 0.3) is 0 Å². The number of nitrogens with one attached hydrogen (secondary N) is 1. The fraction of sp³-hybridized carbons (Fsp3) is 0.350. The maximum Gasteiger partial charge on any atom is 0.165 e. The summed E-state index contributed by atoms with van der Waals surface area (Å²) in [6.45, 7) is 5.55. The topological polar surface area (TPSA) is 106 Å². The Morgan fingerprint density at radius 1 is 1.23 bits per heavy atom. The van der Waals surface area contributed by atoms with Crippen LogP contribution < -0.4 is 15.8 Å². The normalized spacial score (nSPS) is 13.3. The van der Waals surface area contributed by atoms with Gasteiger partial charge < -0.3 is 20.9 Å². The summed E-state index contributed by atoms with van der Waals surface area (Å²) in [6.07, 6.45) is 0.921. The number of benzene rings is 1. The van der Waals surface area contributed by atoms with E-state index in [0.29, 0.717) is 15.6 Å². The molecule has 10 heteroatoms. The van der Waals surface area contributed by atoms with E-state index in [9.17, 15) is 9.50 Å². The van der Waals surface area contributed by atoms with Crippen molar-refractivity contribution >= 4 is 28.8 Å². The predicted octanol–water partition coefficient (Wildman–Crippen LogP) is 3.97. The first-order valence-corrected chi connectivity index (χ1v) is 10.6. The number of hydrogen-bond donors (Lipinski definition) is 3. The van der Waals surface area contributed by atoms with Crippen LogP contribution in [0, 0.1) is 5.82 Å². The van der Waals surface area contributed by atoms with Crippen LogP contribution in [0.4, 0.5) is 10.2 Å². The summed E-state index contributed by atoms with van der Waals surface area (Å²) in [5, 5.41) is 22.5. The molecule has 0 aliphatic heterocycles. The lowest BCUT2D eigenvalue weighted by Gasteiger charge is -2.16. The van der Waals surface area contributed by atoms with Gasteiger partial charge in [-0.05, 0) is 39.0 Å². The third-order valence-corrected chi connectivity index (χ3v) is 5.49. The molecule has 2 aromatic heterocycles. The fourth-order valence-electron chi connectivity index (χ4n) is 2.52. The van der Waals surface area contributed by atoms with Gasteiger partial charge >= 0.3 is 0 Å². The molecule has 0 radical (unpaired) electrons. The number of pyridine rings is 1. The molecule has 3 rings (SSSR count). The van der Waals surface area contributed by atoms with E-state index < -0.39 is 18.0 Å². The summed E-state index contributed by atoms with van der Waals surface area (Å²) in [5.41, 5.74) is 6.98. The standard InChI is InChI=1S/C20H23ClFN5O2S/c1-10(2)25-18-6-12(4-5-24-18)19-26-27-20(30-19)13-7-15(22)17(8-14(13)21)29-9-16(23)11(3)28/h4-8,10-11,16,28H,9,23H2,1-3H3,(H,24,25). The molecule has 2 heterocycles. The number of aromatic nitrogens is 3. The van der Waals surface area contributed by atoms with E-state index in [0.717, 1.165) is 11.4 Å². The van der Waals surface area contributed by atoms with E-state index in [1.165, 1.54) is 30.4 Å². The lowest BCUT2D eigenvalue weighted by atomic mass is 10.2. The molecule has 2 unspecified atom stereocenters. The average molecular weight is 452 g/mol. The summed E-state index contributed by atoms with van der Waals surface area (Å²) in [7, 11) is 0. The van der Waals surface area contributed by atoms with E-state index >= 15 is 0 Å². The second-order valence-electron chi connectivity index (χ2n) is 7.12. The van der Waals surface area contributed by atoms with Gasteiger partial charge in [-0.25, -0.2) is 9.37 Å². The number of aliphatic hydroxyl groups is 1. The highest BCUT2D eigenvalue weighted by Gasteiger charge is 2.18. The molecule has 0 fully saturated rings. The van der Waals surface area contributed by atoms with Crippen molar-refractivity contribution in [1.82, 2.24) is 15.2 Å². The second kappa shape index (κ2) is 9.65. The SMILES string of the molecule is CC(C)Nc1cc(-c2nnc(-c3cc(F)c(OCC(N)C(C)O)cc3Cl)s2)ccn1. The molecule has 0 spiro atoms. The van der Waals surface area contributed by atoms with Crippen LogP contribution in [0.25, 0.3) is 21.1 Å². The zero-order valence-electron chi connectivity index (χ0n) is 16.8. The molecule has 7 nitrogen and oxygen atoms in total. The van der Waals surface area contributed by atoms with Crippen molar-refractivity contribution in [3.8, 4) is 26.9 Å². The van der Waals surface area contributed by atoms with Gasteiger partial charge in [0, 0.05) is 29.4 Å². The minimum absolute atomic E-state index is 0.0388. The van der Waals surface area contributed by atoms with Gasteiger partial charge in [0.1, 0.15) is 22.4 Å². The van der Waals surface area contributed by atoms with Crippen LogP contribution >= 0.6 is 22.9 Å². The second-order valence-corrected chi connectivity index (χ2v) is 8.50. The van der Waals surface area contributed by atoms with E-state index in [2.05, 4.69) is 20.5 Å². The van der Waals surface area contributed by atoms with Crippen LogP contribution in [0.15, 0.2) is 30.5 Å². The van der Waals surface area contributed by atoms with Gasteiger partial charge in [-0.15, -0.1) is 10.2 Å². The highest BCUT2D eigenvalue weighted by Crippen LogP contribution is 2.37. The minimum atomic E-state index is -0.771. The molecular formula is C20H23ClFN5O2S. The summed E-state index contributed by atoms with van der Waals surface area (Å²) < 4.78 is 19.9. The number of nitrogens with two attached hydrogens (primary N) is 1. The Morgan fingerprint density at radius 3 is 2.67 bits per heavy atom. The van der Waals surface area contributed by atoms with E-state index in [1.54, 1.807) is 6.20 Å². The van der Waals surface area contributed by atoms with Crippen LogP contribution in [0.1, 0.15) is 20.8 Å².